The molecule has 1 saturated carbocycles. The van der Waals surface area contributed by atoms with Crippen molar-refractivity contribution in [1.82, 2.24) is 14.8 Å². The third kappa shape index (κ3) is 4.59. The Bertz CT molecular complexity index is 834. The van der Waals surface area contributed by atoms with E-state index in [-0.39, 0.29) is 5.91 Å². The molecule has 3 rings (SSSR count). The molecule has 8 nitrogen and oxygen atoms in total. The molecule has 0 bridgehead atoms. The second-order valence-electron chi connectivity index (χ2n) is 7.34. The van der Waals surface area contributed by atoms with Crippen molar-refractivity contribution in [3.63, 3.8) is 0 Å². The first-order chi connectivity index (χ1) is 12.2. The molecular formula is C18H23N5O3. The van der Waals surface area contributed by atoms with E-state index < -0.39 is 11.7 Å². The summed E-state index contributed by atoms with van der Waals surface area (Å²) in [4.78, 5) is 27.7. The Balaban J connectivity index is 1.90. The van der Waals surface area contributed by atoms with Crippen molar-refractivity contribution in [1.29, 1.82) is 0 Å². The minimum absolute atomic E-state index is 0.244. The summed E-state index contributed by atoms with van der Waals surface area (Å²) < 4.78 is 7.25. The highest BCUT2D eigenvalue weighted by Crippen LogP contribution is 2.36. The Hall–Kier alpha value is -2.90. The predicted molar refractivity (Wildman–Crippen MR) is 97.9 cm³/mol. The molecule has 2 aromatic rings. The second-order valence-corrected chi connectivity index (χ2v) is 7.34. The highest BCUT2D eigenvalue weighted by atomic mass is 16.6. The third-order valence-electron chi connectivity index (χ3n) is 3.65. The molecule has 2 N–H and O–H groups in total. The van der Waals surface area contributed by atoms with E-state index in [0.717, 1.165) is 12.8 Å². The van der Waals surface area contributed by atoms with Gasteiger partial charge in [0.1, 0.15) is 11.4 Å². The molecule has 0 saturated heterocycles. The van der Waals surface area contributed by atoms with Crippen molar-refractivity contribution < 1.29 is 14.3 Å². The van der Waals surface area contributed by atoms with E-state index in [9.17, 15) is 9.59 Å². The molecule has 0 atom stereocenters. The number of nitrogens with zero attached hydrogens (tertiary/aromatic N) is 3. The number of pyridine rings is 1. The van der Waals surface area contributed by atoms with Crippen LogP contribution in [0.4, 0.5) is 16.3 Å². The number of hydrogen-bond donors (Lipinski definition) is 2. The lowest BCUT2D eigenvalue weighted by atomic mass is 10.1. The van der Waals surface area contributed by atoms with E-state index in [2.05, 4.69) is 20.7 Å². The summed E-state index contributed by atoms with van der Waals surface area (Å²) in [5, 5.41) is 9.92. The van der Waals surface area contributed by atoms with Gasteiger partial charge in [-0.2, -0.15) is 5.10 Å². The first-order valence-corrected chi connectivity index (χ1v) is 8.54. The fraction of sp³-hybridized carbons (Fsp3) is 0.444. The van der Waals surface area contributed by atoms with Crippen LogP contribution in [0.5, 0.6) is 0 Å². The van der Waals surface area contributed by atoms with Gasteiger partial charge in [0.15, 0.2) is 0 Å². The molecule has 2 amide bonds. The Morgan fingerprint density at radius 2 is 2.00 bits per heavy atom. The Kier molecular flexibility index (Phi) is 4.67. The average molecular weight is 357 g/mol. The number of rotatable bonds is 4. The maximum Gasteiger partial charge on any atom is 0.412 e. The van der Waals surface area contributed by atoms with Gasteiger partial charge in [-0.05, 0) is 39.7 Å². The lowest BCUT2D eigenvalue weighted by molar-refractivity contribution is -0.114. The van der Waals surface area contributed by atoms with Crippen LogP contribution < -0.4 is 10.6 Å². The Morgan fingerprint density at radius 1 is 1.27 bits per heavy atom. The van der Waals surface area contributed by atoms with E-state index >= 15 is 0 Å². The lowest BCUT2D eigenvalue weighted by Crippen LogP contribution is -2.27. The SMILES string of the molecule is CC(=O)Nc1cc(NC(=O)OC(C)(C)C)c(-c2ccn(C3CC3)n2)cn1. The predicted octanol–water partition coefficient (Wildman–Crippen LogP) is 3.59. The molecule has 0 spiro atoms. The summed E-state index contributed by atoms with van der Waals surface area (Å²) in [7, 11) is 0. The number of aromatic nitrogens is 3. The molecule has 138 valence electrons. The van der Waals surface area contributed by atoms with Crippen molar-refractivity contribution in [2.24, 2.45) is 0 Å². The number of anilines is 2. The lowest BCUT2D eigenvalue weighted by Gasteiger charge is -2.20. The van der Waals surface area contributed by atoms with Gasteiger partial charge in [0.2, 0.25) is 5.91 Å². The summed E-state index contributed by atoms with van der Waals surface area (Å²) >= 11 is 0. The van der Waals surface area contributed by atoms with Gasteiger partial charge in [0.05, 0.1) is 17.4 Å². The van der Waals surface area contributed by atoms with E-state index in [4.69, 9.17) is 4.74 Å². The van der Waals surface area contributed by atoms with E-state index in [1.54, 1.807) is 33.0 Å². The summed E-state index contributed by atoms with van der Waals surface area (Å²) in [5.74, 6) is 0.0976. The normalized spacial score (nSPS) is 14.0. The topological polar surface area (TPSA) is 98.1 Å². The minimum atomic E-state index is -0.620. The van der Waals surface area contributed by atoms with Crippen LogP contribution in [0.1, 0.15) is 46.6 Å². The van der Waals surface area contributed by atoms with E-state index in [0.29, 0.717) is 28.8 Å². The zero-order valence-electron chi connectivity index (χ0n) is 15.4. The zero-order valence-corrected chi connectivity index (χ0v) is 15.4. The molecule has 2 aromatic heterocycles. The molecule has 26 heavy (non-hydrogen) atoms. The third-order valence-corrected chi connectivity index (χ3v) is 3.65. The number of carbonyl (C=O) groups excluding carboxylic acids is 2. The summed E-state index contributed by atoms with van der Waals surface area (Å²) in [6.45, 7) is 6.77. The smallest absolute Gasteiger partial charge is 0.412 e. The maximum atomic E-state index is 12.2. The highest BCUT2D eigenvalue weighted by Gasteiger charge is 2.25. The number of hydrogen-bond acceptors (Lipinski definition) is 5. The summed E-state index contributed by atoms with van der Waals surface area (Å²) in [6.07, 6.45) is 5.18. The van der Waals surface area contributed by atoms with Crippen molar-refractivity contribution in [3.8, 4) is 11.3 Å². The molecule has 0 aliphatic heterocycles. The molecule has 1 aliphatic carbocycles. The van der Waals surface area contributed by atoms with Crippen LogP contribution >= 0.6 is 0 Å². The molecule has 1 aliphatic rings. The van der Waals surface area contributed by atoms with Crippen LogP contribution in [-0.4, -0.2) is 32.4 Å². The van der Waals surface area contributed by atoms with Crippen LogP contribution in [-0.2, 0) is 9.53 Å². The standard InChI is InChI=1S/C18H23N5O3/c1-11(24)20-16-9-15(21-17(25)26-18(2,3)4)13(10-19-16)14-7-8-23(22-14)12-5-6-12/h7-10,12H,5-6H2,1-4H3,(H2,19,20,21,24,25). The maximum absolute atomic E-state index is 12.2. The minimum Gasteiger partial charge on any atom is -0.444 e. The van der Waals surface area contributed by atoms with E-state index in [1.165, 1.54) is 6.92 Å². The molecular weight excluding hydrogens is 334 g/mol. The van der Waals surface area contributed by atoms with Crippen molar-refractivity contribution in [2.75, 3.05) is 10.6 Å². The van der Waals surface area contributed by atoms with Gasteiger partial charge in [0, 0.05) is 30.9 Å². The first kappa shape index (κ1) is 17.9. The van der Waals surface area contributed by atoms with Gasteiger partial charge >= 0.3 is 6.09 Å². The quantitative estimate of drug-likeness (QED) is 0.871. The average Bonchev–Trinajstić information content (AvgIpc) is 3.23. The zero-order chi connectivity index (χ0) is 18.9. The second kappa shape index (κ2) is 6.78. The fourth-order valence-electron chi connectivity index (χ4n) is 2.45. The summed E-state index contributed by atoms with van der Waals surface area (Å²) in [6, 6.07) is 3.93. The Morgan fingerprint density at radius 3 is 2.62 bits per heavy atom. The van der Waals surface area contributed by atoms with Gasteiger partial charge < -0.3 is 10.1 Å². The fourth-order valence-corrected chi connectivity index (χ4v) is 2.45. The number of nitrogens with one attached hydrogen (secondary N) is 2. The van der Waals surface area contributed by atoms with Gasteiger partial charge in [-0.15, -0.1) is 0 Å². The molecule has 0 unspecified atom stereocenters. The van der Waals surface area contributed by atoms with Crippen molar-refractivity contribution in [3.05, 3.63) is 24.5 Å². The monoisotopic (exact) mass is 357 g/mol. The van der Waals surface area contributed by atoms with Gasteiger partial charge in [-0.1, -0.05) is 0 Å². The molecule has 1 fully saturated rings. The molecule has 0 aromatic carbocycles. The van der Waals surface area contributed by atoms with Gasteiger partial charge in [-0.25, -0.2) is 9.78 Å². The number of carbonyl (C=O) groups is 2. The van der Waals surface area contributed by atoms with Crippen molar-refractivity contribution in [2.45, 2.75) is 52.2 Å². The van der Waals surface area contributed by atoms with E-state index in [1.807, 2.05) is 16.9 Å². The first-order valence-electron chi connectivity index (χ1n) is 8.54. The van der Waals surface area contributed by atoms with Crippen LogP contribution in [0.25, 0.3) is 11.3 Å². The molecule has 2 heterocycles. The van der Waals surface area contributed by atoms with Crippen LogP contribution in [0.3, 0.4) is 0 Å². The van der Waals surface area contributed by atoms with Crippen LogP contribution in [0.2, 0.25) is 0 Å². The molecule has 8 heteroatoms. The van der Waals surface area contributed by atoms with Crippen LogP contribution in [0.15, 0.2) is 24.5 Å². The largest absolute Gasteiger partial charge is 0.444 e. The Labute approximate surface area is 151 Å². The van der Waals surface area contributed by atoms with Crippen LogP contribution in [0, 0.1) is 0 Å². The highest BCUT2D eigenvalue weighted by molar-refractivity contribution is 5.94. The molecule has 0 radical (unpaired) electrons. The summed E-state index contributed by atoms with van der Waals surface area (Å²) in [5.41, 5.74) is 1.21. The van der Waals surface area contributed by atoms with Gasteiger partial charge in [-0.3, -0.25) is 14.8 Å². The number of amides is 2. The van der Waals surface area contributed by atoms with Gasteiger partial charge in [0.25, 0.3) is 0 Å². The van der Waals surface area contributed by atoms with Crippen molar-refractivity contribution >= 4 is 23.5 Å². The number of ether oxygens (including phenoxy) is 1.